The Kier molecular flexibility index (Phi) is 5.29. The van der Waals surface area contributed by atoms with Crippen LogP contribution in [0, 0.1) is 5.82 Å². The molecular weight excluding hydrogens is 337 g/mol. The molecule has 0 aliphatic carbocycles. The fourth-order valence-corrected chi connectivity index (χ4v) is 2.78. The van der Waals surface area contributed by atoms with Gasteiger partial charge in [-0.15, -0.1) is 0 Å². The smallest absolute Gasteiger partial charge is 0.134 e. The van der Waals surface area contributed by atoms with Crippen molar-refractivity contribution in [2.75, 3.05) is 5.32 Å². The van der Waals surface area contributed by atoms with Crippen molar-refractivity contribution in [1.82, 2.24) is 9.97 Å². The predicted octanol–water partition coefficient (Wildman–Crippen LogP) is 5.81. The lowest BCUT2D eigenvalue weighted by Gasteiger charge is -2.16. The Balaban J connectivity index is 2.16. The summed E-state index contributed by atoms with van der Waals surface area (Å²) in [6.45, 7) is 4.20. The summed E-state index contributed by atoms with van der Waals surface area (Å²) in [6.07, 6.45) is 2.68. The summed E-state index contributed by atoms with van der Waals surface area (Å²) in [5.41, 5.74) is 3.04. The molecule has 3 nitrogen and oxygen atoms in total. The number of pyridine rings is 2. The molecule has 2 aromatic heterocycles. The van der Waals surface area contributed by atoms with Gasteiger partial charge in [0.15, 0.2) is 0 Å². The Morgan fingerprint density at radius 3 is 2.56 bits per heavy atom. The van der Waals surface area contributed by atoms with E-state index in [2.05, 4.69) is 29.1 Å². The van der Waals surface area contributed by atoms with Gasteiger partial charge in [-0.3, -0.25) is 4.98 Å². The lowest BCUT2D eigenvalue weighted by Crippen LogP contribution is -2.13. The van der Waals surface area contributed by atoms with Crippen molar-refractivity contribution in [3.8, 4) is 22.6 Å². The molecule has 25 heavy (non-hydrogen) atoms. The number of benzene rings is 1. The summed E-state index contributed by atoms with van der Waals surface area (Å²) >= 11 is 6.23. The van der Waals surface area contributed by atoms with E-state index in [1.54, 1.807) is 18.3 Å². The second-order valence-corrected chi connectivity index (χ2v) is 6.30. The molecule has 3 rings (SSSR count). The van der Waals surface area contributed by atoms with E-state index in [0.717, 1.165) is 17.8 Å². The van der Waals surface area contributed by atoms with E-state index in [1.165, 1.54) is 6.07 Å². The molecule has 0 saturated heterocycles. The Labute approximate surface area is 151 Å². The molecular formula is C20H19ClFN3. The van der Waals surface area contributed by atoms with Gasteiger partial charge < -0.3 is 5.32 Å². The maximum Gasteiger partial charge on any atom is 0.134 e. The van der Waals surface area contributed by atoms with Gasteiger partial charge in [-0.25, -0.2) is 9.37 Å². The molecule has 0 spiro atoms. The highest BCUT2D eigenvalue weighted by molar-refractivity contribution is 6.33. The molecule has 1 N–H and O–H groups in total. The Morgan fingerprint density at radius 2 is 1.88 bits per heavy atom. The van der Waals surface area contributed by atoms with Crippen molar-refractivity contribution < 1.29 is 4.39 Å². The van der Waals surface area contributed by atoms with Gasteiger partial charge >= 0.3 is 0 Å². The van der Waals surface area contributed by atoms with E-state index in [1.807, 2.05) is 30.3 Å². The van der Waals surface area contributed by atoms with Crippen molar-refractivity contribution >= 4 is 17.3 Å². The molecule has 0 fully saturated rings. The molecule has 0 radical (unpaired) electrons. The molecule has 1 unspecified atom stereocenters. The fraction of sp³-hybridized carbons (Fsp3) is 0.200. The summed E-state index contributed by atoms with van der Waals surface area (Å²) in [5.74, 6) is -0.396. The van der Waals surface area contributed by atoms with Gasteiger partial charge in [0.05, 0.1) is 27.7 Å². The first-order valence-corrected chi connectivity index (χ1v) is 8.60. The first-order valence-electron chi connectivity index (χ1n) is 8.23. The SMILES string of the molecule is CCC(C)Nc1cc(-c2ccccn2)nc(-c2c(F)cccc2Cl)c1. The normalized spacial score (nSPS) is 12.0. The number of nitrogens with zero attached hydrogens (tertiary/aromatic N) is 2. The van der Waals surface area contributed by atoms with Gasteiger partial charge in [0.25, 0.3) is 0 Å². The van der Waals surface area contributed by atoms with Crippen LogP contribution in [0.2, 0.25) is 5.02 Å². The maximum absolute atomic E-state index is 14.4. The van der Waals surface area contributed by atoms with E-state index in [9.17, 15) is 4.39 Å². The van der Waals surface area contributed by atoms with Gasteiger partial charge in [0, 0.05) is 17.9 Å². The largest absolute Gasteiger partial charge is 0.382 e. The number of aromatic nitrogens is 2. The number of anilines is 1. The molecule has 5 heteroatoms. The van der Waals surface area contributed by atoms with Crippen LogP contribution in [-0.4, -0.2) is 16.0 Å². The van der Waals surface area contributed by atoms with Gasteiger partial charge in [-0.05, 0) is 49.7 Å². The van der Waals surface area contributed by atoms with Crippen molar-refractivity contribution in [2.45, 2.75) is 26.3 Å². The third-order valence-corrected chi connectivity index (χ3v) is 4.31. The summed E-state index contributed by atoms with van der Waals surface area (Å²) < 4.78 is 14.4. The number of nitrogens with one attached hydrogen (secondary N) is 1. The van der Waals surface area contributed by atoms with Crippen molar-refractivity contribution in [1.29, 1.82) is 0 Å². The molecule has 2 heterocycles. The van der Waals surface area contributed by atoms with E-state index >= 15 is 0 Å². The first kappa shape index (κ1) is 17.4. The van der Waals surface area contributed by atoms with Gasteiger partial charge in [-0.1, -0.05) is 30.7 Å². The zero-order chi connectivity index (χ0) is 17.8. The van der Waals surface area contributed by atoms with Crippen LogP contribution in [-0.2, 0) is 0 Å². The summed E-state index contributed by atoms with van der Waals surface area (Å²) in [7, 11) is 0. The Bertz CT molecular complexity index is 848. The monoisotopic (exact) mass is 355 g/mol. The first-order chi connectivity index (χ1) is 12.1. The maximum atomic E-state index is 14.4. The van der Waals surface area contributed by atoms with E-state index in [0.29, 0.717) is 22.0 Å². The molecule has 128 valence electrons. The lowest BCUT2D eigenvalue weighted by atomic mass is 10.1. The van der Waals surface area contributed by atoms with E-state index in [-0.39, 0.29) is 6.04 Å². The quantitative estimate of drug-likeness (QED) is 0.627. The van der Waals surface area contributed by atoms with Crippen LogP contribution < -0.4 is 5.32 Å². The molecule has 1 atom stereocenters. The van der Waals surface area contributed by atoms with Crippen LogP contribution in [0.4, 0.5) is 10.1 Å². The highest BCUT2D eigenvalue weighted by Gasteiger charge is 2.15. The van der Waals surface area contributed by atoms with E-state index in [4.69, 9.17) is 11.6 Å². The molecule has 0 amide bonds. The molecule has 0 saturated carbocycles. The predicted molar refractivity (Wildman–Crippen MR) is 101 cm³/mol. The fourth-order valence-electron chi connectivity index (χ4n) is 2.52. The highest BCUT2D eigenvalue weighted by atomic mass is 35.5. The molecule has 1 aromatic carbocycles. The molecule has 0 bridgehead atoms. The standard InChI is InChI=1S/C20H19ClFN3/c1-3-13(2)24-14-11-18(17-9-4-5-10-23-17)25-19(12-14)20-15(21)7-6-8-16(20)22/h4-13H,3H2,1-2H3,(H,24,25). The zero-order valence-electron chi connectivity index (χ0n) is 14.1. The second kappa shape index (κ2) is 7.62. The third kappa shape index (κ3) is 3.97. The van der Waals surface area contributed by atoms with Crippen LogP contribution >= 0.6 is 11.6 Å². The topological polar surface area (TPSA) is 37.8 Å². The minimum Gasteiger partial charge on any atom is -0.382 e. The summed E-state index contributed by atoms with van der Waals surface area (Å²) in [5, 5.41) is 3.75. The Hall–Kier alpha value is -2.46. The number of rotatable bonds is 5. The van der Waals surface area contributed by atoms with Crippen molar-refractivity contribution in [2.24, 2.45) is 0 Å². The second-order valence-electron chi connectivity index (χ2n) is 5.89. The van der Waals surface area contributed by atoms with Crippen LogP contribution in [0.25, 0.3) is 22.6 Å². The number of hydrogen-bond acceptors (Lipinski definition) is 3. The Morgan fingerprint density at radius 1 is 1.08 bits per heavy atom. The number of hydrogen-bond donors (Lipinski definition) is 1. The van der Waals surface area contributed by atoms with Crippen LogP contribution in [0.5, 0.6) is 0 Å². The van der Waals surface area contributed by atoms with Gasteiger partial charge in [-0.2, -0.15) is 0 Å². The average Bonchev–Trinajstić information content (AvgIpc) is 2.62. The molecule has 0 aliphatic heterocycles. The van der Waals surface area contributed by atoms with Crippen molar-refractivity contribution in [3.05, 3.63) is 65.6 Å². The zero-order valence-corrected chi connectivity index (χ0v) is 14.9. The minimum atomic E-state index is -0.396. The average molecular weight is 356 g/mol. The molecule has 3 aromatic rings. The summed E-state index contributed by atoms with van der Waals surface area (Å²) in [4.78, 5) is 8.95. The molecule has 0 aliphatic rings. The van der Waals surface area contributed by atoms with Gasteiger partial charge in [0.2, 0.25) is 0 Å². The lowest BCUT2D eigenvalue weighted by molar-refractivity contribution is 0.631. The number of halogens is 2. The summed E-state index contributed by atoms with van der Waals surface area (Å²) in [6, 6.07) is 14.3. The van der Waals surface area contributed by atoms with E-state index < -0.39 is 5.82 Å². The highest BCUT2D eigenvalue weighted by Crippen LogP contribution is 2.33. The van der Waals surface area contributed by atoms with Crippen LogP contribution in [0.15, 0.2) is 54.7 Å². The van der Waals surface area contributed by atoms with Gasteiger partial charge in [0.1, 0.15) is 5.82 Å². The van der Waals surface area contributed by atoms with Crippen LogP contribution in [0.1, 0.15) is 20.3 Å². The van der Waals surface area contributed by atoms with Crippen molar-refractivity contribution in [3.63, 3.8) is 0 Å². The minimum absolute atomic E-state index is 0.280. The third-order valence-electron chi connectivity index (χ3n) is 4.00. The van der Waals surface area contributed by atoms with Crippen LogP contribution in [0.3, 0.4) is 0 Å².